The smallest absolute Gasteiger partial charge is 0.252 e. The molecular formula is C19H23BrN2OS. The van der Waals surface area contributed by atoms with E-state index in [0.29, 0.717) is 12.1 Å². The van der Waals surface area contributed by atoms with E-state index in [1.807, 2.05) is 24.3 Å². The number of halogens is 1. The molecule has 0 saturated carbocycles. The molecule has 0 aliphatic carbocycles. The minimum absolute atomic E-state index is 0.0150. The van der Waals surface area contributed by atoms with Gasteiger partial charge in [0, 0.05) is 15.9 Å². The van der Waals surface area contributed by atoms with Crippen LogP contribution in [0, 0.1) is 0 Å². The molecule has 0 spiro atoms. The number of carbonyl (C=O) groups excluding carboxylic acids is 1. The number of nitrogens with zero attached hydrogens (tertiary/aromatic N) is 1. The van der Waals surface area contributed by atoms with Crippen LogP contribution in [0.5, 0.6) is 0 Å². The molecule has 1 aliphatic rings. The molecule has 1 aliphatic heterocycles. The summed E-state index contributed by atoms with van der Waals surface area (Å²) in [5, 5.41) is 5.26. The molecule has 128 valence electrons. The highest BCUT2D eigenvalue weighted by molar-refractivity contribution is 9.10. The lowest BCUT2D eigenvalue weighted by Crippen LogP contribution is -2.38. The molecule has 1 saturated heterocycles. The predicted molar refractivity (Wildman–Crippen MR) is 104 cm³/mol. The van der Waals surface area contributed by atoms with E-state index in [1.54, 1.807) is 11.3 Å². The summed E-state index contributed by atoms with van der Waals surface area (Å²) in [4.78, 5) is 16.4. The fourth-order valence-electron chi connectivity index (χ4n) is 3.23. The molecule has 3 nitrogen and oxygen atoms in total. The minimum Gasteiger partial charge on any atom is -0.350 e. The van der Waals surface area contributed by atoms with Crippen LogP contribution in [0.25, 0.3) is 0 Å². The van der Waals surface area contributed by atoms with E-state index in [-0.39, 0.29) is 11.9 Å². The van der Waals surface area contributed by atoms with Crippen LogP contribution in [-0.4, -0.2) is 30.4 Å². The Morgan fingerprint density at radius 3 is 2.54 bits per heavy atom. The van der Waals surface area contributed by atoms with Crippen LogP contribution < -0.4 is 5.32 Å². The van der Waals surface area contributed by atoms with Crippen LogP contribution in [0.15, 0.2) is 46.3 Å². The van der Waals surface area contributed by atoms with Crippen molar-refractivity contribution >= 4 is 33.2 Å². The molecular weight excluding hydrogens is 384 g/mol. The number of hydrogen-bond acceptors (Lipinski definition) is 3. The molecule has 1 fully saturated rings. The van der Waals surface area contributed by atoms with Crippen LogP contribution in [0.1, 0.15) is 47.0 Å². The summed E-state index contributed by atoms with van der Waals surface area (Å²) in [6, 6.07) is 12.1. The van der Waals surface area contributed by atoms with Gasteiger partial charge in [-0.15, -0.1) is 11.3 Å². The molecule has 1 aromatic carbocycles. The summed E-state index contributed by atoms with van der Waals surface area (Å²) < 4.78 is 0.838. The Morgan fingerprint density at radius 1 is 1.12 bits per heavy atom. The minimum atomic E-state index is -0.0150. The number of nitrogens with one attached hydrogen (secondary N) is 1. The summed E-state index contributed by atoms with van der Waals surface area (Å²) in [7, 11) is 0. The van der Waals surface area contributed by atoms with Gasteiger partial charge in [-0.25, -0.2) is 0 Å². The van der Waals surface area contributed by atoms with E-state index in [9.17, 15) is 4.79 Å². The van der Waals surface area contributed by atoms with Crippen molar-refractivity contribution in [3.63, 3.8) is 0 Å². The first-order chi connectivity index (χ1) is 11.8. The molecule has 1 N–H and O–H groups in total. The van der Waals surface area contributed by atoms with Gasteiger partial charge in [0.05, 0.1) is 11.6 Å². The maximum atomic E-state index is 12.5. The molecule has 0 unspecified atom stereocenters. The number of benzene rings is 1. The SMILES string of the molecule is O=C(NC[C@H](c1cccs1)N1CCCCCC1)c1ccccc1Br. The first-order valence-corrected chi connectivity index (χ1v) is 10.2. The average Bonchev–Trinajstić information content (AvgIpc) is 2.98. The second-order valence-corrected chi connectivity index (χ2v) is 8.00. The van der Waals surface area contributed by atoms with Crippen LogP contribution in [-0.2, 0) is 0 Å². The molecule has 0 radical (unpaired) electrons. The van der Waals surface area contributed by atoms with Crippen molar-refractivity contribution in [3.8, 4) is 0 Å². The zero-order chi connectivity index (χ0) is 16.8. The summed E-state index contributed by atoms with van der Waals surface area (Å²) >= 11 is 5.24. The Morgan fingerprint density at radius 2 is 1.88 bits per heavy atom. The van der Waals surface area contributed by atoms with Gasteiger partial charge in [0.15, 0.2) is 0 Å². The molecule has 1 amide bonds. The summed E-state index contributed by atoms with van der Waals surface area (Å²) in [5.41, 5.74) is 0.693. The summed E-state index contributed by atoms with van der Waals surface area (Å²) in [6.45, 7) is 2.89. The number of thiophene rings is 1. The normalized spacial score (nSPS) is 17.2. The lowest BCUT2D eigenvalue weighted by Gasteiger charge is -2.30. The van der Waals surface area contributed by atoms with Crippen molar-refractivity contribution in [1.29, 1.82) is 0 Å². The Kier molecular flexibility index (Phi) is 6.46. The molecule has 2 heterocycles. The Labute approximate surface area is 156 Å². The quantitative estimate of drug-likeness (QED) is 0.768. The number of amides is 1. The van der Waals surface area contributed by atoms with Gasteiger partial charge in [0.25, 0.3) is 5.91 Å². The maximum Gasteiger partial charge on any atom is 0.252 e. The first-order valence-electron chi connectivity index (χ1n) is 8.56. The Balaban J connectivity index is 1.70. The largest absolute Gasteiger partial charge is 0.350 e. The number of hydrogen-bond donors (Lipinski definition) is 1. The van der Waals surface area contributed by atoms with E-state index in [0.717, 1.165) is 17.6 Å². The molecule has 3 rings (SSSR count). The van der Waals surface area contributed by atoms with Gasteiger partial charge in [-0.3, -0.25) is 9.69 Å². The lowest BCUT2D eigenvalue weighted by molar-refractivity contribution is 0.0933. The highest BCUT2D eigenvalue weighted by atomic mass is 79.9. The standard InChI is InChI=1S/C19H23BrN2OS/c20-16-9-4-3-8-15(16)19(23)21-14-17(18-10-7-13-24-18)22-11-5-1-2-6-12-22/h3-4,7-10,13,17H,1-2,5-6,11-12,14H2,(H,21,23)/t17-/m1/s1. The van der Waals surface area contributed by atoms with Crippen molar-refractivity contribution in [2.75, 3.05) is 19.6 Å². The third-order valence-corrected chi connectivity index (χ3v) is 6.19. The van der Waals surface area contributed by atoms with Gasteiger partial charge in [-0.2, -0.15) is 0 Å². The van der Waals surface area contributed by atoms with Gasteiger partial charge >= 0.3 is 0 Å². The van der Waals surface area contributed by atoms with E-state index in [2.05, 4.69) is 43.7 Å². The fraction of sp³-hybridized carbons (Fsp3) is 0.421. The van der Waals surface area contributed by atoms with Crippen molar-refractivity contribution in [2.45, 2.75) is 31.7 Å². The maximum absolute atomic E-state index is 12.5. The second-order valence-electron chi connectivity index (χ2n) is 6.17. The molecule has 2 aromatic rings. The van der Waals surface area contributed by atoms with Gasteiger partial charge in [0.1, 0.15) is 0 Å². The zero-order valence-electron chi connectivity index (χ0n) is 13.7. The number of carbonyl (C=O) groups is 1. The topological polar surface area (TPSA) is 32.3 Å². The highest BCUT2D eigenvalue weighted by Gasteiger charge is 2.23. The Hall–Kier alpha value is -1.17. The lowest BCUT2D eigenvalue weighted by atomic mass is 10.1. The molecule has 0 bridgehead atoms. The van der Waals surface area contributed by atoms with Gasteiger partial charge in [-0.1, -0.05) is 31.0 Å². The monoisotopic (exact) mass is 406 g/mol. The predicted octanol–water partition coefficient (Wildman–Crippen LogP) is 4.86. The van der Waals surface area contributed by atoms with Gasteiger partial charge in [-0.05, 0) is 65.4 Å². The van der Waals surface area contributed by atoms with Gasteiger partial charge in [0.2, 0.25) is 0 Å². The third-order valence-electron chi connectivity index (χ3n) is 4.53. The molecule has 5 heteroatoms. The van der Waals surface area contributed by atoms with Gasteiger partial charge < -0.3 is 5.32 Å². The second kappa shape index (κ2) is 8.79. The van der Waals surface area contributed by atoms with Crippen LogP contribution in [0.2, 0.25) is 0 Å². The van der Waals surface area contributed by atoms with E-state index in [4.69, 9.17) is 0 Å². The molecule has 24 heavy (non-hydrogen) atoms. The van der Waals surface area contributed by atoms with E-state index >= 15 is 0 Å². The van der Waals surface area contributed by atoms with Crippen LogP contribution in [0.4, 0.5) is 0 Å². The highest BCUT2D eigenvalue weighted by Crippen LogP contribution is 2.27. The first kappa shape index (κ1) is 17.6. The Bertz CT molecular complexity index is 651. The van der Waals surface area contributed by atoms with Crippen LogP contribution in [0.3, 0.4) is 0 Å². The van der Waals surface area contributed by atoms with Crippen molar-refractivity contribution in [1.82, 2.24) is 10.2 Å². The van der Waals surface area contributed by atoms with Crippen LogP contribution >= 0.6 is 27.3 Å². The molecule has 1 aromatic heterocycles. The van der Waals surface area contributed by atoms with Crippen molar-refractivity contribution in [2.24, 2.45) is 0 Å². The third kappa shape index (κ3) is 4.47. The van der Waals surface area contributed by atoms with E-state index in [1.165, 1.54) is 30.6 Å². The average molecular weight is 407 g/mol. The summed E-state index contributed by atoms with van der Waals surface area (Å²) in [6.07, 6.45) is 5.13. The fourth-order valence-corrected chi connectivity index (χ4v) is 4.55. The summed E-state index contributed by atoms with van der Waals surface area (Å²) in [5.74, 6) is -0.0150. The zero-order valence-corrected chi connectivity index (χ0v) is 16.1. The number of likely N-dealkylation sites (tertiary alicyclic amines) is 1. The molecule has 1 atom stereocenters. The van der Waals surface area contributed by atoms with Crippen molar-refractivity contribution in [3.05, 3.63) is 56.7 Å². The number of rotatable bonds is 5. The van der Waals surface area contributed by atoms with Crippen molar-refractivity contribution < 1.29 is 4.79 Å². The van der Waals surface area contributed by atoms with E-state index < -0.39 is 0 Å².